The molecular formula is C11H16N2O4. The van der Waals surface area contributed by atoms with E-state index in [-0.39, 0.29) is 12.6 Å². The Kier molecular flexibility index (Phi) is 4.56. The van der Waals surface area contributed by atoms with Crippen molar-refractivity contribution in [1.82, 2.24) is 10.2 Å². The Morgan fingerprint density at radius 2 is 2.29 bits per heavy atom. The SMILES string of the molecule is CCN(CC(=O)O)C(=O)NC(C)c1ccco1. The van der Waals surface area contributed by atoms with Crippen molar-refractivity contribution in [3.8, 4) is 0 Å². The van der Waals surface area contributed by atoms with Crippen molar-refractivity contribution in [3.05, 3.63) is 24.2 Å². The number of likely N-dealkylation sites (N-methyl/N-ethyl adjacent to an activating group) is 1. The number of rotatable bonds is 5. The van der Waals surface area contributed by atoms with Crippen LogP contribution in [0.5, 0.6) is 0 Å². The molecule has 1 unspecified atom stereocenters. The summed E-state index contributed by atoms with van der Waals surface area (Å²) in [5.41, 5.74) is 0. The molecular weight excluding hydrogens is 224 g/mol. The number of carbonyl (C=O) groups is 2. The molecule has 0 saturated carbocycles. The van der Waals surface area contributed by atoms with Gasteiger partial charge in [0.25, 0.3) is 0 Å². The Labute approximate surface area is 99.2 Å². The van der Waals surface area contributed by atoms with Crippen LogP contribution < -0.4 is 5.32 Å². The minimum absolute atomic E-state index is 0.291. The van der Waals surface area contributed by atoms with Crippen LogP contribution in [0, 0.1) is 0 Å². The first-order valence-corrected chi connectivity index (χ1v) is 5.35. The summed E-state index contributed by atoms with van der Waals surface area (Å²) in [5, 5.41) is 11.3. The predicted molar refractivity (Wildman–Crippen MR) is 60.5 cm³/mol. The van der Waals surface area contributed by atoms with Gasteiger partial charge in [-0.25, -0.2) is 4.79 Å². The highest BCUT2D eigenvalue weighted by Gasteiger charge is 2.18. The third-order valence-electron chi connectivity index (χ3n) is 2.30. The van der Waals surface area contributed by atoms with Crippen molar-refractivity contribution >= 4 is 12.0 Å². The number of urea groups is 1. The van der Waals surface area contributed by atoms with E-state index >= 15 is 0 Å². The smallest absolute Gasteiger partial charge is 0.323 e. The second-order valence-electron chi connectivity index (χ2n) is 3.59. The molecule has 1 rings (SSSR count). The monoisotopic (exact) mass is 240 g/mol. The van der Waals surface area contributed by atoms with Gasteiger partial charge in [0.05, 0.1) is 12.3 Å². The first-order chi connectivity index (χ1) is 8.04. The highest BCUT2D eigenvalue weighted by atomic mass is 16.4. The molecule has 0 saturated heterocycles. The minimum Gasteiger partial charge on any atom is -0.480 e. The molecule has 2 amide bonds. The summed E-state index contributed by atoms with van der Waals surface area (Å²) in [7, 11) is 0. The van der Waals surface area contributed by atoms with E-state index in [4.69, 9.17) is 9.52 Å². The molecule has 0 aromatic carbocycles. The first kappa shape index (κ1) is 13.1. The standard InChI is InChI=1S/C11H16N2O4/c1-3-13(7-10(14)15)11(16)12-8(2)9-5-4-6-17-9/h4-6,8H,3,7H2,1-2H3,(H,12,16)(H,14,15). The maximum absolute atomic E-state index is 11.7. The molecule has 0 aliphatic rings. The van der Waals surface area contributed by atoms with Gasteiger partial charge in [-0.2, -0.15) is 0 Å². The summed E-state index contributed by atoms with van der Waals surface area (Å²) in [5.74, 6) is -0.405. The summed E-state index contributed by atoms with van der Waals surface area (Å²) in [6.07, 6.45) is 1.52. The van der Waals surface area contributed by atoms with Gasteiger partial charge < -0.3 is 19.7 Å². The lowest BCUT2D eigenvalue weighted by Gasteiger charge is -2.21. The van der Waals surface area contributed by atoms with Gasteiger partial charge in [-0.15, -0.1) is 0 Å². The number of hydrogen-bond donors (Lipinski definition) is 2. The molecule has 0 bridgehead atoms. The number of hydrogen-bond acceptors (Lipinski definition) is 3. The molecule has 6 nitrogen and oxygen atoms in total. The molecule has 1 aromatic rings. The van der Waals surface area contributed by atoms with Gasteiger partial charge in [0.1, 0.15) is 12.3 Å². The lowest BCUT2D eigenvalue weighted by Crippen LogP contribution is -2.43. The third-order valence-corrected chi connectivity index (χ3v) is 2.30. The van der Waals surface area contributed by atoms with E-state index in [2.05, 4.69) is 5.32 Å². The van der Waals surface area contributed by atoms with Crippen LogP contribution in [0.15, 0.2) is 22.8 Å². The van der Waals surface area contributed by atoms with Crippen LogP contribution in [0.25, 0.3) is 0 Å². The van der Waals surface area contributed by atoms with Crippen molar-refractivity contribution < 1.29 is 19.1 Å². The van der Waals surface area contributed by atoms with Gasteiger partial charge in [0.15, 0.2) is 0 Å². The molecule has 0 fully saturated rings. The van der Waals surface area contributed by atoms with Crippen molar-refractivity contribution in [2.24, 2.45) is 0 Å². The van der Waals surface area contributed by atoms with Gasteiger partial charge in [-0.05, 0) is 26.0 Å². The van der Waals surface area contributed by atoms with E-state index in [0.29, 0.717) is 12.3 Å². The summed E-state index contributed by atoms with van der Waals surface area (Å²) in [6.45, 7) is 3.52. The number of nitrogens with zero attached hydrogens (tertiary/aromatic N) is 1. The Bertz CT molecular complexity index is 375. The highest BCUT2D eigenvalue weighted by Crippen LogP contribution is 2.12. The Morgan fingerprint density at radius 3 is 2.76 bits per heavy atom. The molecule has 0 aliphatic heterocycles. The van der Waals surface area contributed by atoms with Gasteiger partial charge in [-0.3, -0.25) is 4.79 Å². The van der Waals surface area contributed by atoms with Crippen LogP contribution in [0.3, 0.4) is 0 Å². The maximum Gasteiger partial charge on any atom is 0.323 e. The van der Waals surface area contributed by atoms with Crippen molar-refractivity contribution in [1.29, 1.82) is 0 Å². The number of amides is 2. The fourth-order valence-electron chi connectivity index (χ4n) is 1.38. The number of carbonyl (C=O) groups excluding carboxylic acids is 1. The van der Waals surface area contributed by atoms with Gasteiger partial charge in [-0.1, -0.05) is 0 Å². The molecule has 6 heteroatoms. The Hall–Kier alpha value is -1.98. The summed E-state index contributed by atoms with van der Waals surface area (Å²) in [4.78, 5) is 23.5. The average Bonchev–Trinajstić information content (AvgIpc) is 2.78. The first-order valence-electron chi connectivity index (χ1n) is 5.35. The normalized spacial score (nSPS) is 11.9. The Morgan fingerprint density at radius 1 is 1.59 bits per heavy atom. The van der Waals surface area contributed by atoms with Crippen molar-refractivity contribution in [3.63, 3.8) is 0 Å². The maximum atomic E-state index is 11.7. The number of nitrogens with one attached hydrogen (secondary N) is 1. The van der Waals surface area contributed by atoms with E-state index in [1.54, 1.807) is 26.0 Å². The average molecular weight is 240 g/mol. The second kappa shape index (κ2) is 5.93. The third kappa shape index (κ3) is 3.82. The van der Waals surface area contributed by atoms with E-state index < -0.39 is 12.0 Å². The van der Waals surface area contributed by atoms with Crippen LogP contribution >= 0.6 is 0 Å². The molecule has 2 N–H and O–H groups in total. The quantitative estimate of drug-likeness (QED) is 0.816. The van der Waals surface area contributed by atoms with E-state index in [1.165, 1.54) is 11.2 Å². The lowest BCUT2D eigenvalue weighted by molar-refractivity contribution is -0.137. The molecule has 94 valence electrons. The van der Waals surface area contributed by atoms with Crippen LogP contribution in [0.2, 0.25) is 0 Å². The van der Waals surface area contributed by atoms with Crippen LogP contribution in [0.1, 0.15) is 25.6 Å². The molecule has 0 radical (unpaired) electrons. The summed E-state index contributed by atoms with van der Waals surface area (Å²) in [6, 6.07) is 2.77. The minimum atomic E-state index is -1.03. The summed E-state index contributed by atoms with van der Waals surface area (Å²) >= 11 is 0. The van der Waals surface area contributed by atoms with E-state index in [9.17, 15) is 9.59 Å². The molecule has 1 atom stereocenters. The fraction of sp³-hybridized carbons (Fsp3) is 0.455. The topological polar surface area (TPSA) is 82.8 Å². The molecule has 17 heavy (non-hydrogen) atoms. The zero-order valence-electron chi connectivity index (χ0n) is 9.84. The number of carboxylic acid groups (broad SMARTS) is 1. The fourth-order valence-corrected chi connectivity index (χ4v) is 1.38. The van der Waals surface area contributed by atoms with Gasteiger partial charge >= 0.3 is 12.0 Å². The van der Waals surface area contributed by atoms with Gasteiger partial charge in [0.2, 0.25) is 0 Å². The molecule has 1 heterocycles. The zero-order chi connectivity index (χ0) is 12.8. The molecule has 0 spiro atoms. The van der Waals surface area contributed by atoms with Crippen LogP contribution in [-0.2, 0) is 4.79 Å². The predicted octanol–water partition coefficient (Wildman–Crippen LogP) is 1.46. The lowest BCUT2D eigenvalue weighted by atomic mass is 10.2. The van der Waals surface area contributed by atoms with Gasteiger partial charge in [0, 0.05) is 6.54 Å². The Balaban J connectivity index is 2.55. The van der Waals surface area contributed by atoms with E-state index in [0.717, 1.165) is 0 Å². The van der Waals surface area contributed by atoms with E-state index in [1.807, 2.05) is 0 Å². The highest BCUT2D eigenvalue weighted by molar-refractivity contribution is 5.80. The zero-order valence-corrected chi connectivity index (χ0v) is 9.84. The van der Waals surface area contributed by atoms with Crippen molar-refractivity contribution in [2.75, 3.05) is 13.1 Å². The number of furan rings is 1. The number of carboxylic acids is 1. The van der Waals surface area contributed by atoms with Crippen molar-refractivity contribution in [2.45, 2.75) is 19.9 Å². The summed E-state index contributed by atoms with van der Waals surface area (Å²) < 4.78 is 5.14. The number of aliphatic carboxylic acids is 1. The van der Waals surface area contributed by atoms with Crippen LogP contribution in [0.4, 0.5) is 4.79 Å². The molecule has 0 aliphatic carbocycles. The van der Waals surface area contributed by atoms with Crippen LogP contribution in [-0.4, -0.2) is 35.1 Å². The molecule has 1 aromatic heterocycles. The second-order valence-corrected chi connectivity index (χ2v) is 3.59. The largest absolute Gasteiger partial charge is 0.480 e.